The molecule has 0 atom stereocenters. The Morgan fingerprint density at radius 2 is 1.75 bits per heavy atom. The number of halogens is 2. The summed E-state index contributed by atoms with van der Waals surface area (Å²) >= 11 is 0. The van der Waals surface area contributed by atoms with Gasteiger partial charge in [-0.25, -0.2) is 8.78 Å². The van der Waals surface area contributed by atoms with Crippen LogP contribution in [0.25, 0.3) is 0 Å². The molecule has 0 N–H and O–H groups in total. The summed E-state index contributed by atoms with van der Waals surface area (Å²) < 4.78 is 30.7. The van der Waals surface area contributed by atoms with Gasteiger partial charge in [0.15, 0.2) is 11.6 Å². The Kier molecular flexibility index (Phi) is 2.68. The van der Waals surface area contributed by atoms with E-state index in [1.807, 2.05) is 0 Å². The molecule has 0 aromatic heterocycles. The molecule has 3 nitrogen and oxygen atoms in total. The number of benzene rings is 1. The first-order chi connectivity index (χ1) is 7.58. The third-order valence-electron chi connectivity index (χ3n) is 2.48. The summed E-state index contributed by atoms with van der Waals surface area (Å²) in [6, 6.07) is 3.70. The van der Waals surface area contributed by atoms with Crippen LogP contribution in [0.3, 0.4) is 0 Å². The number of hydrogen-bond donors (Lipinski definition) is 0. The van der Waals surface area contributed by atoms with Crippen molar-refractivity contribution in [1.29, 1.82) is 0 Å². The number of hydrogen-bond acceptors (Lipinski definition) is 3. The lowest BCUT2D eigenvalue weighted by Gasteiger charge is -2.20. The molecular formula is C11H8F2O3. The maximum absolute atomic E-state index is 13.4. The SMILES string of the molecule is O=C1CC(c2cccc(F)c2F)CC(=O)O1. The van der Waals surface area contributed by atoms with Crippen LogP contribution in [0.15, 0.2) is 18.2 Å². The molecule has 1 aromatic rings. The van der Waals surface area contributed by atoms with Crippen molar-refractivity contribution in [1.82, 2.24) is 0 Å². The predicted octanol–water partition coefficient (Wildman–Crippen LogP) is 1.91. The second-order valence-corrected chi connectivity index (χ2v) is 3.59. The number of esters is 2. The van der Waals surface area contributed by atoms with Gasteiger partial charge in [0.25, 0.3) is 0 Å². The van der Waals surface area contributed by atoms with Gasteiger partial charge in [-0.1, -0.05) is 12.1 Å². The maximum atomic E-state index is 13.4. The molecule has 2 rings (SSSR count). The van der Waals surface area contributed by atoms with Crippen molar-refractivity contribution >= 4 is 11.9 Å². The first-order valence-corrected chi connectivity index (χ1v) is 4.75. The van der Waals surface area contributed by atoms with Crippen LogP contribution in [0.5, 0.6) is 0 Å². The maximum Gasteiger partial charge on any atom is 0.314 e. The van der Waals surface area contributed by atoms with Gasteiger partial charge in [0.1, 0.15) is 0 Å². The number of carbonyl (C=O) groups excluding carboxylic acids is 2. The second-order valence-electron chi connectivity index (χ2n) is 3.59. The van der Waals surface area contributed by atoms with Gasteiger partial charge in [0.2, 0.25) is 0 Å². The highest BCUT2D eigenvalue weighted by Crippen LogP contribution is 2.30. The van der Waals surface area contributed by atoms with Gasteiger partial charge in [-0.3, -0.25) is 9.59 Å². The van der Waals surface area contributed by atoms with Crippen LogP contribution in [-0.2, 0) is 14.3 Å². The van der Waals surface area contributed by atoms with E-state index in [-0.39, 0.29) is 18.4 Å². The smallest absolute Gasteiger partial charge is 0.314 e. The van der Waals surface area contributed by atoms with Gasteiger partial charge < -0.3 is 4.74 Å². The van der Waals surface area contributed by atoms with Crippen molar-refractivity contribution in [3.05, 3.63) is 35.4 Å². The highest BCUT2D eigenvalue weighted by atomic mass is 19.2. The van der Waals surface area contributed by atoms with Crippen molar-refractivity contribution in [2.24, 2.45) is 0 Å². The molecule has 84 valence electrons. The molecule has 0 radical (unpaired) electrons. The minimum atomic E-state index is -1.00. The zero-order valence-corrected chi connectivity index (χ0v) is 8.20. The lowest BCUT2D eigenvalue weighted by molar-refractivity contribution is -0.163. The van der Waals surface area contributed by atoms with Crippen molar-refractivity contribution in [3.63, 3.8) is 0 Å². The molecular weight excluding hydrogens is 218 g/mol. The van der Waals surface area contributed by atoms with E-state index in [1.54, 1.807) is 0 Å². The number of rotatable bonds is 1. The Labute approximate surface area is 90.0 Å². The molecule has 1 aromatic carbocycles. The van der Waals surface area contributed by atoms with Crippen molar-refractivity contribution in [2.45, 2.75) is 18.8 Å². The second kappa shape index (κ2) is 4.00. The number of cyclic esters (lactones) is 2. The van der Waals surface area contributed by atoms with Gasteiger partial charge in [-0.05, 0) is 11.6 Å². The molecule has 5 heteroatoms. The molecule has 16 heavy (non-hydrogen) atoms. The van der Waals surface area contributed by atoms with E-state index in [4.69, 9.17) is 0 Å². The fourth-order valence-corrected chi connectivity index (χ4v) is 1.74. The third-order valence-corrected chi connectivity index (χ3v) is 2.48. The van der Waals surface area contributed by atoms with Crippen LogP contribution < -0.4 is 0 Å². The largest absolute Gasteiger partial charge is 0.393 e. The summed E-state index contributed by atoms with van der Waals surface area (Å²) in [7, 11) is 0. The molecule has 1 fully saturated rings. The van der Waals surface area contributed by atoms with Crippen LogP contribution in [0.4, 0.5) is 8.78 Å². The quantitative estimate of drug-likeness (QED) is 0.542. The molecule has 1 aliphatic heterocycles. The molecule has 0 amide bonds. The van der Waals surface area contributed by atoms with Gasteiger partial charge >= 0.3 is 11.9 Å². The van der Waals surface area contributed by atoms with E-state index in [2.05, 4.69) is 4.74 Å². The van der Waals surface area contributed by atoms with Crippen LogP contribution in [-0.4, -0.2) is 11.9 Å². The van der Waals surface area contributed by atoms with Gasteiger partial charge in [-0.15, -0.1) is 0 Å². The van der Waals surface area contributed by atoms with E-state index in [9.17, 15) is 18.4 Å². The Hall–Kier alpha value is -1.78. The summed E-state index contributed by atoms with van der Waals surface area (Å²) in [6.45, 7) is 0. The summed E-state index contributed by atoms with van der Waals surface area (Å²) in [5.41, 5.74) is 0.0463. The van der Waals surface area contributed by atoms with Gasteiger partial charge in [0.05, 0.1) is 12.8 Å². The molecule has 0 unspecified atom stereocenters. The molecule has 0 aliphatic carbocycles. The summed E-state index contributed by atoms with van der Waals surface area (Å²) in [5.74, 6) is -4.03. The lowest BCUT2D eigenvalue weighted by atomic mass is 9.90. The Morgan fingerprint density at radius 3 is 2.38 bits per heavy atom. The number of carbonyl (C=O) groups is 2. The highest BCUT2D eigenvalue weighted by Gasteiger charge is 2.30. The molecule has 1 aliphatic rings. The van der Waals surface area contributed by atoms with Crippen molar-refractivity contribution in [3.8, 4) is 0 Å². The first kappa shape index (κ1) is 10.7. The Morgan fingerprint density at radius 1 is 1.12 bits per heavy atom. The zero-order valence-electron chi connectivity index (χ0n) is 8.20. The number of ether oxygens (including phenoxy) is 1. The van der Waals surface area contributed by atoms with Crippen LogP contribution in [0.1, 0.15) is 24.3 Å². The Bertz CT molecular complexity index is 441. The van der Waals surface area contributed by atoms with E-state index in [0.29, 0.717) is 0 Å². The average molecular weight is 226 g/mol. The van der Waals surface area contributed by atoms with Gasteiger partial charge in [0, 0.05) is 5.92 Å². The summed E-state index contributed by atoms with van der Waals surface area (Å²) in [5, 5.41) is 0. The third kappa shape index (κ3) is 1.93. The summed E-state index contributed by atoms with van der Waals surface area (Å²) in [4.78, 5) is 22.0. The van der Waals surface area contributed by atoms with E-state index >= 15 is 0 Å². The fourth-order valence-electron chi connectivity index (χ4n) is 1.74. The van der Waals surface area contributed by atoms with Crippen LogP contribution in [0, 0.1) is 11.6 Å². The van der Waals surface area contributed by atoms with Crippen molar-refractivity contribution in [2.75, 3.05) is 0 Å². The monoisotopic (exact) mass is 226 g/mol. The topological polar surface area (TPSA) is 43.4 Å². The molecule has 1 saturated heterocycles. The fraction of sp³-hybridized carbons (Fsp3) is 0.273. The Balaban J connectivity index is 2.33. The van der Waals surface area contributed by atoms with Crippen LogP contribution in [0.2, 0.25) is 0 Å². The van der Waals surface area contributed by atoms with Crippen molar-refractivity contribution < 1.29 is 23.1 Å². The molecule has 1 heterocycles. The van der Waals surface area contributed by atoms with E-state index in [1.165, 1.54) is 12.1 Å². The minimum absolute atomic E-state index is 0.0463. The zero-order chi connectivity index (χ0) is 11.7. The first-order valence-electron chi connectivity index (χ1n) is 4.75. The molecule has 0 bridgehead atoms. The standard InChI is InChI=1S/C11H8F2O3/c12-8-3-1-2-7(11(8)13)6-4-9(14)16-10(15)5-6/h1-3,6H,4-5H2. The molecule has 0 spiro atoms. The van der Waals surface area contributed by atoms with E-state index < -0.39 is 29.5 Å². The average Bonchev–Trinajstić information content (AvgIpc) is 2.20. The van der Waals surface area contributed by atoms with Gasteiger partial charge in [-0.2, -0.15) is 0 Å². The lowest BCUT2D eigenvalue weighted by Crippen LogP contribution is -2.24. The predicted molar refractivity (Wildman–Crippen MR) is 49.4 cm³/mol. The normalized spacial score (nSPS) is 17.4. The molecule has 0 saturated carbocycles. The highest BCUT2D eigenvalue weighted by molar-refractivity contribution is 5.89. The van der Waals surface area contributed by atoms with Crippen LogP contribution >= 0.6 is 0 Å². The van der Waals surface area contributed by atoms with E-state index in [0.717, 1.165) is 6.07 Å². The summed E-state index contributed by atoms with van der Waals surface area (Å²) in [6.07, 6.45) is -0.210. The minimum Gasteiger partial charge on any atom is -0.393 e.